The van der Waals surface area contributed by atoms with Crippen LogP contribution in [-0.4, -0.2) is 28.9 Å². The van der Waals surface area contributed by atoms with Gasteiger partial charge in [0.1, 0.15) is 11.6 Å². The van der Waals surface area contributed by atoms with Crippen molar-refractivity contribution in [1.29, 1.82) is 0 Å². The van der Waals surface area contributed by atoms with E-state index in [0.29, 0.717) is 11.6 Å². The van der Waals surface area contributed by atoms with Gasteiger partial charge in [0.15, 0.2) is 0 Å². The summed E-state index contributed by atoms with van der Waals surface area (Å²) >= 11 is 6.04. The minimum atomic E-state index is -0.551. The van der Waals surface area contributed by atoms with Crippen molar-refractivity contribution in [2.24, 2.45) is 5.92 Å². The van der Waals surface area contributed by atoms with Crippen LogP contribution in [0.3, 0.4) is 0 Å². The smallest absolute Gasteiger partial charge is 0.327 e. The summed E-state index contributed by atoms with van der Waals surface area (Å²) in [5.41, 5.74) is -0.0287. The molecule has 0 aromatic carbocycles. The SMILES string of the molecule is CCC(Nc1cnn(CC(=O)OC)c(=O)c1Cl)C(C)C. The zero-order valence-corrected chi connectivity index (χ0v) is 12.9. The number of carbonyl (C=O) groups is 1. The van der Waals surface area contributed by atoms with E-state index < -0.39 is 11.5 Å². The van der Waals surface area contributed by atoms with Gasteiger partial charge in [-0.05, 0) is 12.3 Å². The summed E-state index contributed by atoms with van der Waals surface area (Å²) in [6.45, 7) is 5.97. The van der Waals surface area contributed by atoms with Gasteiger partial charge >= 0.3 is 5.97 Å². The van der Waals surface area contributed by atoms with Crippen molar-refractivity contribution in [3.8, 4) is 0 Å². The molecule has 1 N–H and O–H groups in total. The molecule has 0 amide bonds. The zero-order valence-electron chi connectivity index (χ0n) is 12.1. The Bertz CT molecular complexity index is 528. The number of esters is 1. The van der Waals surface area contributed by atoms with Crippen molar-refractivity contribution >= 4 is 23.3 Å². The highest BCUT2D eigenvalue weighted by atomic mass is 35.5. The fourth-order valence-electron chi connectivity index (χ4n) is 1.81. The lowest BCUT2D eigenvalue weighted by Gasteiger charge is -2.22. The summed E-state index contributed by atoms with van der Waals surface area (Å²) in [5, 5.41) is 7.17. The van der Waals surface area contributed by atoms with Crippen molar-refractivity contribution in [2.45, 2.75) is 39.8 Å². The number of nitrogens with one attached hydrogen (secondary N) is 1. The second kappa shape index (κ2) is 7.28. The fraction of sp³-hybridized carbons (Fsp3) is 0.615. The standard InChI is InChI=1S/C13H20ClN3O3/c1-5-9(8(2)3)16-10-6-15-17(7-11(18)20-4)13(19)12(10)14/h6,8-9,16H,5,7H2,1-4H3. The largest absolute Gasteiger partial charge is 0.468 e. The van der Waals surface area contributed by atoms with E-state index in [2.05, 4.69) is 35.9 Å². The van der Waals surface area contributed by atoms with E-state index in [1.54, 1.807) is 0 Å². The van der Waals surface area contributed by atoms with Crippen LogP contribution in [0.2, 0.25) is 5.02 Å². The van der Waals surface area contributed by atoms with Gasteiger partial charge in [0, 0.05) is 6.04 Å². The molecular weight excluding hydrogens is 282 g/mol. The minimum absolute atomic E-state index is 0.0306. The second-order valence-electron chi connectivity index (χ2n) is 4.81. The van der Waals surface area contributed by atoms with Gasteiger partial charge in [-0.25, -0.2) is 4.68 Å². The van der Waals surface area contributed by atoms with Crippen LogP contribution in [0.4, 0.5) is 5.69 Å². The number of halogens is 1. The first-order chi connectivity index (χ1) is 9.40. The molecule has 0 saturated carbocycles. The molecule has 1 atom stereocenters. The third-order valence-corrected chi connectivity index (χ3v) is 3.44. The normalized spacial score (nSPS) is 12.3. The molecule has 1 aromatic rings. The maximum atomic E-state index is 12.0. The lowest BCUT2D eigenvalue weighted by molar-refractivity contribution is -0.141. The van der Waals surface area contributed by atoms with Crippen LogP contribution >= 0.6 is 11.6 Å². The zero-order chi connectivity index (χ0) is 15.3. The molecule has 0 spiro atoms. The number of rotatable bonds is 6. The second-order valence-corrected chi connectivity index (χ2v) is 5.19. The molecule has 0 fully saturated rings. The van der Waals surface area contributed by atoms with E-state index in [9.17, 15) is 9.59 Å². The Kier molecular flexibility index (Phi) is 6.01. The number of hydrogen-bond acceptors (Lipinski definition) is 5. The Morgan fingerprint density at radius 1 is 1.55 bits per heavy atom. The predicted molar refractivity (Wildman–Crippen MR) is 78.1 cm³/mol. The molecule has 0 radical (unpaired) electrons. The fourth-order valence-corrected chi connectivity index (χ4v) is 2.01. The molecule has 1 heterocycles. The molecule has 0 bridgehead atoms. The summed E-state index contributed by atoms with van der Waals surface area (Å²) in [4.78, 5) is 23.2. The van der Waals surface area contributed by atoms with Gasteiger partial charge in [0.05, 0.1) is 19.0 Å². The molecule has 0 aliphatic carbocycles. The van der Waals surface area contributed by atoms with Crippen molar-refractivity contribution < 1.29 is 9.53 Å². The number of nitrogens with zero attached hydrogens (tertiary/aromatic N) is 2. The van der Waals surface area contributed by atoms with Crippen LogP contribution in [0.25, 0.3) is 0 Å². The van der Waals surface area contributed by atoms with Crippen LogP contribution < -0.4 is 10.9 Å². The van der Waals surface area contributed by atoms with E-state index in [-0.39, 0.29) is 17.6 Å². The summed E-state index contributed by atoms with van der Waals surface area (Å²) in [6.07, 6.45) is 2.36. The first-order valence-corrected chi connectivity index (χ1v) is 6.87. The summed E-state index contributed by atoms with van der Waals surface area (Å²) in [5.74, 6) is -0.154. The molecule has 1 aromatic heterocycles. The number of hydrogen-bond donors (Lipinski definition) is 1. The Morgan fingerprint density at radius 3 is 2.70 bits per heavy atom. The highest BCUT2D eigenvalue weighted by Crippen LogP contribution is 2.19. The van der Waals surface area contributed by atoms with Gasteiger partial charge in [0.2, 0.25) is 0 Å². The Labute approximate surface area is 123 Å². The predicted octanol–water partition coefficient (Wildman–Crippen LogP) is 1.92. The number of aromatic nitrogens is 2. The lowest BCUT2D eigenvalue weighted by atomic mass is 10.0. The molecule has 7 heteroatoms. The third kappa shape index (κ3) is 3.96. The van der Waals surface area contributed by atoms with Crippen molar-refractivity contribution in [1.82, 2.24) is 9.78 Å². The molecule has 6 nitrogen and oxygen atoms in total. The van der Waals surface area contributed by atoms with Crippen LogP contribution in [-0.2, 0) is 16.1 Å². The molecule has 20 heavy (non-hydrogen) atoms. The maximum absolute atomic E-state index is 12.0. The molecule has 0 saturated heterocycles. The first-order valence-electron chi connectivity index (χ1n) is 6.49. The maximum Gasteiger partial charge on any atom is 0.327 e. The van der Waals surface area contributed by atoms with Crippen molar-refractivity contribution in [2.75, 3.05) is 12.4 Å². The van der Waals surface area contributed by atoms with Crippen LogP contribution in [0.5, 0.6) is 0 Å². The van der Waals surface area contributed by atoms with Crippen LogP contribution in [0, 0.1) is 5.92 Å². The van der Waals surface area contributed by atoms with Crippen molar-refractivity contribution in [3.05, 3.63) is 21.6 Å². The van der Waals surface area contributed by atoms with E-state index >= 15 is 0 Å². The highest BCUT2D eigenvalue weighted by Gasteiger charge is 2.16. The lowest BCUT2D eigenvalue weighted by Crippen LogP contribution is -2.30. The Hall–Kier alpha value is -1.56. The quantitative estimate of drug-likeness (QED) is 0.813. The molecule has 1 rings (SSSR count). The van der Waals surface area contributed by atoms with Gasteiger partial charge in [-0.1, -0.05) is 32.4 Å². The summed E-state index contributed by atoms with van der Waals surface area (Å²) < 4.78 is 5.48. The number of anilines is 1. The molecule has 0 aliphatic heterocycles. The topological polar surface area (TPSA) is 73.2 Å². The Balaban J connectivity index is 3.00. The summed E-state index contributed by atoms with van der Waals surface area (Å²) in [6, 6.07) is 0.199. The van der Waals surface area contributed by atoms with E-state index in [0.717, 1.165) is 11.1 Å². The molecular formula is C13H20ClN3O3. The number of carbonyl (C=O) groups excluding carboxylic acids is 1. The van der Waals surface area contributed by atoms with Gasteiger partial charge in [-0.2, -0.15) is 5.10 Å². The average molecular weight is 302 g/mol. The first kappa shape index (κ1) is 16.5. The van der Waals surface area contributed by atoms with E-state index in [1.807, 2.05) is 0 Å². The minimum Gasteiger partial charge on any atom is -0.468 e. The number of methoxy groups -OCH3 is 1. The van der Waals surface area contributed by atoms with Crippen molar-refractivity contribution in [3.63, 3.8) is 0 Å². The third-order valence-electron chi connectivity index (χ3n) is 3.08. The average Bonchev–Trinajstić information content (AvgIpc) is 2.42. The summed E-state index contributed by atoms with van der Waals surface area (Å²) in [7, 11) is 1.25. The van der Waals surface area contributed by atoms with Gasteiger partial charge < -0.3 is 10.1 Å². The Morgan fingerprint density at radius 2 is 2.20 bits per heavy atom. The van der Waals surface area contributed by atoms with Gasteiger partial charge in [0.25, 0.3) is 5.56 Å². The van der Waals surface area contributed by atoms with E-state index in [1.165, 1.54) is 13.3 Å². The number of ether oxygens (including phenoxy) is 1. The van der Waals surface area contributed by atoms with Gasteiger partial charge in [-0.15, -0.1) is 0 Å². The van der Waals surface area contributed by atoms with Crippen LogP contribution in [0.15, 0.2) is 11.0 Å². The van der Waals surface area contributed by atoms with Crippen LogP contribution in [0.1, 0.15) is 27.2 Å². The van der Waals surface area contributed by atoms with E-state index in [4.69, 9.17) is 11.6 Å². The highest BCUT2D eigenvalue weighted by molar-refractivity contribution is 6.32. The van der Waals surface area contributed by atoms with Gasteiger partial charge in [-0.3, -0.25) is 9.59 Å². The molecule has 0 aliphatic rings. The monoisotopic (exact) mass is 301 g/mol. The molecule has 1 unspecified atom stereocenters. The molecule has 112 valence electrons.